The normalized spacial score (nSPS) is 10.4. The van der Waals surface area contributed by atoms with Crippen molar-refractivity contribution in [2.75, 3.05) is 0 Å². The quantitative estimate of drug-likeness (QED) is 0.621. The third kappa shape index (κ3) is 3.19. The van der Waals surface area contributed by atoms with Gasteiger partial charge in [-0.25, -0.2) is 0 Å². The van der Waals surface area contributed by atoms with Crippen molar-refractivity contribution in [3.05, 3.63) is 57.6 Å². The predicted octanol–water partition coefficient (Wildman–Crippen LogP) is 5.99. The summed E-state index contributed by atoms with van der Waals surface area (Å²) in [7, 11) is 0. The van der Waals surface area contributed by atoms with Crippen LogP contribution in [0.15, 0.2) is 36.4 Å². The highest BCUT2D eigenvalue weighted by Crippen LogP contribution is 2.31. The molecular weight excluding hydrogens is 335 g/mol. The Balaban J connectivity index is 2.28. The molecule has 2 aromatic carbocycles. The third-order valence-corrected chi connectivity index (χ3v) is 3.74. The first-order valence-corrected chi connectivity index (χ1v) is 7.26. The van der Waals surface area contributed by atoms with Crippen molar-refractivity contribution in [2.45, 2.75) is 12.3 Å². The Morgan fingerprint density at radius 3 is 2.56 bits per heavy atom. The van der Waals surface area contributed by atoms with Gasteiger partial charge in [0.2, 0.25) is 0 Å². The first-order valence-electron chi connectivity index (χ1n) is 5.38. The summed E-state index contributed by atoms with van der Waals surface area (Å²) < 4.78 is 5.79. The summed E-state index contributed by atoms with van der Waals surface area (Å²) in [6.07, 6.45) is 0. The van der Waals surface area contributed by atoms with E-state index in [4.69, 9.17) is 27.9 Å². The highest BCUT2D eigenvalue weighted by Gasteiger charge is 2.05. The van der Waals surface area contributed by atoms with E-state index in [-0.39, 0.29) is 0 Å². The van der Waals surface area contributed by atoms with Gasteiger partial charge in [0, 0.05) is 15.4 Å². The highest BCUT2D eigenvalue weighted by molar-refractivity contribution is 9.08. The maximum Gasteiger partial charge on any atom is 0.131 e. The van der Waals surface area contributed by atoms with E-state index in [1.54, 1.807) is 12.1 Å². The molecule has 0 atom stereocenters. The number of aryl methyl sites for hydroxylation is 1. The van der Waals surface area contributed by atoms with E-state index in [2.05, 4.69) is 15.9 Å². The molecule has 0 unspecified atom stereocenters. The van der Waals surface area contributed by atoms with E-state index in [0.717, 1.165) is 22.2 Å². The van der Waals surface area contributed by atoms with Gasteiger partial charge in [-0.05, 0) is 42.3 Å². The fraction of sp³-hybridized carbons (Fsp3) is 0.143. The number of halogens is 3. The zero-order valence-electron chi connectivity index (χ0n) is 9.71. The Hall–Kier alpha value is -0.700. The number of ether oxygens (including phenoxy) is 1. The lowest BCUT2D eigenvalue weighted by molar-refractivity contribution is 0.479. The molecule has 0 heterocycles. The van der Waals surface area contributed by atoms with Crippen LogP contribution in [-0.4, -0.2) is 0 Å². The van der Waals surface area contributed by atoms with Crippen LogP contribution in [0.25, 0.3) is 0 Å². The smallest absolute Gasteiger partial charge is 0.131 e. The van der Waals surface area contributed by atoms with Gasteiger partial charge in [-0.2, -0.15) is 0 Å². The van der Waals surface area contributed by atoms with Crippen molar-refractivity contribution in [3.63, 3.8) is 0 Å². The van der Waals surface area contributed by atoms with Crippen molar-refractivity contribution in [2.24, 2.45) is 0 Å². The molecule has 0 spiro atoms. The Bertz CT molecular complexity index is 570. The number of hydrogen-bond donors (Lipinski definition) is 0. The van der Waals surface area contributed by atoms with Crippen LogP contribution in [0.1, 0.15) is 11.1 Å². The molecule has 0 amide bonds. The zero-order chi connectivity index (χ0) is 13.1. The molecule has 0 N–H and O–H groups in total. The molecule has 2 aromatic rings. The fourth-order valence-corrected chi connectivity index (χ4v) is 2.56. The minimum absolute atomic E-state index is 0.652. The highest BCUT2D eigenvalue weighted by atomic mass is 79.9. The molecule has 0 aliphatic heterocycles. The molecular formula is C14H11BrCl2O. The first-order chi connectivity index (χ1) is 8.60. The Kier molecular flexibility index (Phi) is 4.55. The summed E-state index contributed by atoms with van der Waals surface area (Å²) in [5.41, 5.74) is 2.06. The van der Waals surface area contributed by atoms with Gasteiger partial charge in [-0.3, -0.25) is 0 Å². The SMILES string of the molecule is Cc1ccc(Cl)cc1Oc1ccc(CBr)c(Cl)c1. The molecule has 18 heavy (non-hydrogen) atoms. The average molecular weight is 346 g/mol. The minimum Gasteiger partial charge on any atom is -0.457 e. The Morgan fingerprint density at radius 2 is 1.89 bits per heavy atom. The van der Waals surface area contributed by atoms with Crippen molar-refractivity contribution < 1.29 is 4.74 Å². The lowest BCUT2D eigenvalue weighted by Gasteiger charge is -2.10. The molecule has 94 valence electrons. The van der Waals surface area contributed by atoms with Crippen LogP contribution in [0.5, 0.6) is 11.5 Å². The lowest BCUT2D eigenvalue weighted by Crippen LogP contribution is -1.89. The number of alkyl halides is 1. The van der Waals surface area contributed by atoms with Gasteiger partial charge in [0.15, 0.2) is 0 Å². The summed E-state index contributed by atoms with van der Waals surface area (Å²) in [4.78, 5) is 0. The third-order valence-electron chi connectivity index (χ3n) is 2.55. The molecule has 4 heteroatoms. The molecule has 2 rings (SSSR count). The van der Waals surface area contributed by atoms with E-state index in [1.165, 1.54) is 0 Å². The van der Waals surface area contributed by atoms with Crippen LogP contribution in [0, 0.1) is 6.92 Å². The molecule has 0 bridgehead atoms. The van der Waals surface area contributed by atoms with Crippen LogP contribution in [0.3, 0.4) is 0 Å². The molecule has 0 radical (unpaired) electrons. The second kappa shape index (κ2) is 5.96. The Labute approximate surface area is 125 Å². The van der Waals surface area contributed by atoms with E-state index in [0.29, 0.717) is 15.8 Å². The minimum atomic E-state index is 0.652. The number of benzene rings is 2. The van der Waals surface area contributed by atoms with Crippen LogP contribution >= 0.6 is 39.1 Å². The molecule has 0 aromatic heterocycles. The van der Waals surface area contributed by atoms with Gasteiger partial charge >= 0.3 is 0 Å². The average Bonchev–Trinajstić information content (AvgIpc) is 2.34. The van der Waals surface area contributed by atoms with Crippen LogP contribution in [-0.2, 0) is 5.33 Å². The van der Waals surface area contributed by atoms with Crippen LogP contribution < -0.4 is 4.74 Å². The molecule has 0 saturated carbocycles. The molecule has 1 nitrogen and oxygen atoms in total. The second-order valence-corrected chi connectivity index (χ2v) is 5.30. The topological polar surface area (TPSA) is 9.23 Å². The van der Waals surface area contributed by atoms with E-state index in [9.17, 15) is 0 Å². The van der Waals surface area contributed by atoms with Crippen molar-refractivity contribution in [1.82, 2.24) is 0 Å². The van der Waals surface area contributed by atoms with Gasteiger partial charge in [0.1, 0.15) is 11.5 Å². The predicted molar refractivity (Wildman–Crippen MR) is 80.3 cm³/mol. The summed E-state index contributed by atoms with van der Waals surface area (Å²) in [5.74, 6) is 1.44. The van der Waals surface area contributed by atoms with Crippen molar-refractivity contribution >= 4 is 39.1 Å². The fourth-order valence-electron chi connectivity index (χ4n) is 1.51. The van der Waals surface area contributed by atoms with Gasteiger partial charge in [0.05, 0.1) is 0 Å². The zero-order valence-corrected chi connectivity index (χ0v) is 12.8. The van der Waals surface area contributed by atoms with Crippen molar-refractivity contribution in [1.29, 1.82) is 0 Å². The monoisotopic (exact) mass is 344 g/mol. The Morgan fingerprint density at radius 1 is 1.11 bits per heavy atom. The summed E-state index contributed by atoms with van der Waals surface area (Å²) in [5, 5.41) is 2.06. The summed E-state index contributed by atoms with van der Waals surface area (Å²) in [6, 6.07) is 11.2. The lowest BCUT2D eigenvalue weighted by atomic mass is 10.2. The summed E-state index contributed by atoms with van der Waals surface area (Å²) >= 11 is 15.5. The van der Waals surface area contributed by atoms with Crippen LogP contribution in [0.2, 0.25) is 10.0 Å². The number of rotatable bonds is 3. The molecule has 0 fully saturated rings. The van der Waals surface area contributed by atoms with Gasteiger partial charge in [-0.1, -0.05) is 51.3 Å². The van der Waals surface area contributed by atoms with E-state index >= 15 is 0 Å². The van der Waals surface area contributed by atoms with Crippen LogP contribution in [0.4, 0.5) is 0 Å². The standard InChI is InChI=1S/C14H11BrCl2O/c1-9-2-4-11(16)6-14(9)18-12-5-3-10(8-15)13(17)7-12/h2-7H,8H2,1H3. The number of hydrogen-bond acceptors (Lipinski definition) is 1. The maximum absolute atomic E-state index is 6.13. The first kappa shape index (κ1) is 13.7. The van der Waals surface area contributed by atoms with E-state index in [1.807, 2.05) is 31.2 Å². The van der Waals surface area contributed by atoms with Gasteiger partial charge in [0.25, 0.3) is 0 Å². The second-order valence-electron chi connectivity index (χ2n) is 3.90. The van der Waals surface area contributed by atoms with E-state index < -0.39 is 0 Å². The van der Waals surface area contributed by atoms with Gasteiger partial charge in [-0.15, -0.1) is 0 Å². The molecule has 0 saturated heterocycles. The molecule has 0 aliphatic rings. The summed E-state index contributed by atoms with van der Waals surface area (Å²) in [6.45, 7) is 1.97. The van der Waals surface area contributed by atoms with Gasteiger partial charge < -0.3 is 4.74 Å². The molecule has 0 aliphatic carbocycles. The van der Waals surface area contributed by atoms with Crippen molar-refractivity contribution in [3.8, 4) is 11.5 Å². The largest absolute Gasteiger partial charge is 0.457 e. The maximum atomic E-state index is 6.13.